The highest BCUT2D eigenvalue weighted by atomic mass is 19.4. The summed E-state index contributed by atoms with van der Waals surface area (Å²) in [5, 5.41) is 2.87. The van der Waals surface area contributed by atoms with E-state index in [1.807, 2.05) is 37.3 Å². The highest BCUT2D eigenvalue weighted by molar-refractivity contribution is 5.67. The van der Waals surface area contributed by atoms with E-state index in [2.05, 4.69) is 5.32 Å². The number of carbonyl (C=O) groups is 1. The molecule has 2 bridgehead atoms. The number of hydrogen-bond acceptors (Lipinski definition) is 5. The molecule has 2 heterocycles. The topological polar surface area (TPSA) is 66.0 Å². The number of ether oxygens (including phenoxy) is 4. The molecule has 2 saturated heterocycles. The Morgan fingerprint density at radius 3 is 2.42 bits per heavy atom. The van der Waals surface area contributed by atoms with E-state index < -0.39 is 24.2 Å². The van der Waals surface area contributed by atoms with Gasteiger partial charge in [0.2, 0.25) is 0 Å². The summed E-state index contributed by atoms with van der Waals surface area (Å²) in [7, 11) is 0. The molecule has 2 saturated carbocycles. The minimum absolute atomic E-state index is 0.0121. The molecule has 0 unspecified atom stereocenters. The number of rotatable bonds is 10. The molecular formula is C27H38F3NO5. The number of hydrogen-bond donors (Lipinski definition) is 1. The molecule has 1 aromatic rings. The van der Waals surface area contributed by atoms with E-state index in [0.29, 0.717) is 32.2 Å². The van der Waals surface area contributed by atoms with Gasteiger partial charge in [-0.15, -0.1) is 0 Å². The van der Waals surface area contributed by atoms with Gasteiger partial charge < -0.3 is 24.3 Å². The predicted molar refractivity (Wildman–Crippen MR) is 127 cm³/mol. The van der Waals surface area contributed by atoms with Gasteiger partial charge in [-0.05, 0) is 63.9 Å². The number of benzene rings is 1. The molecule has 0 radical (unpaired) electrons. The molecule has 4 fully saturated rings. The van der Waals surface area contributed by atoms with Crippen molar-refractivity contribution in [2.75, 3.05) is 19.8 Å². The van der Waals surface area contributed by atoms with Gasteiger partial charge in [-0.1, -0.05) is 30.3 Å². The fourth-order valence-corrected chi connectivity index (χ4v) is 5.43. The standard InChI is InChI=1S/C27H38F3NO5/c1-19(35-17-26-13-11-23(12-14-26)36-18-26)24(31-25(32)34-15-20-5-3-2-4-6-20)16-33-22-9-7-21(8-10-22)27(28,29)30/h2-6,19,21-24H,7-18H2,1H3,(H,31,32)/t19-,21?,22?,23?,24-,26?/m0/s1. The number of carbonyl (C=O) groups excluding carboxylic acids is 1. The molecular weight excluding hydrogens is 475 g/mol. The number of nitrogens with one attached hydrogen (secondary N) is 1. The van der Waals surface area contributed by atoms with Gasteiger partial charge in [-0.25, -0.2) is 4.79 Å². The van der Waals surface area contributed by atoms with Crippen LogP contribution in [0.2, 0.25) is 0 Å². The quantitative estimate of drug-likeness (QED) is 0.430. The molecule has 0 aromatic heterocycles. The molecule has 36 heavy (non-hydrogen) atoms. The van der Waals surface area contributed by atoms with Crippen molar-refractivity contribution < 1.29 is 36.9 Å². The van der Waals surface area contributed by atoms with Crippen molar-refractivity contribution in [1.82, 2.24) is 5.32 Å². The van der Waals surface area contributed by atoms with Gasteiger partial charge in [0.05, 0.1) is 50.1 Å². The molecule has 1 N–H and O–H groups in total. The maximum absolute atomic E-state index is 13.0. The van der Waals surface area contributed by atoms with E-state index >= 15 is 0 Å². The molecule has 6 nitrogen and oxygen atoms in total. The van der Waals surface area contributed by atoms with Crippen LogP contribution < -0.4 is 5.32 Å². The van der Waals surface area contributed by atoms with Gasteiger partial charge in [0.15, 0.2) is 0 Å². The van der Waals surface area contributed by atoms with Crippen LogP contribution in [0, 0.1) is 11.3 Å². The van der Waals surface area contributed by atoms with Crippen LogP contribution in [0.25, 0.3) is 0 Å². The Labute approximate surface area is 211 Å². The summed E-state index contributed by atoms with van der Waals surface area (Å²) in [4.78, 5) is 12.6. The summed E-state index contributed by atoms with van der Waals surface area (Å²) in [6, 6.07) is 8.89. The van der Waals surface area contributed by atoms with Crippen molar-refractivity contribution in [2.45, 2.75) is 95.4 Å². The third-order valence-electron chi connectivity index (χ3n) is 8.00. The average Bonchev–Trinajstić information content (AvgIpc) is 2.90. The normalized spacial score (nSPS) is 29.9. The van der Waals surface area contributed by atoms with Crippen molar-refractivity contribution >= 4 is 6.09 Å². The Bertz CT molecular complexity index is 807. The lowest BCUT2D eigenvalue weighted by Crippen LogP contribution is -2.50. The van der Waals surface area contributed by atoms with Gasteiger partial charge in [0.1, 0.15) is 6.61 Å². The Balaban J connectivity index is 1.30. The monoisotopic (exact) mass is 513 g/mol. The molecule has 2 atom stereocenters. The van der Waals surface area contributed by atoms with Crippen LogP contribution in [0.3, 0.4) is 0 Å². The Morgan fingerprint density at radius 2 is 1.81 bits per heavy atom. The second-order valence-electron chi connectivity index (χ2n) is 10.7. The molecule has 5 rings (SSSR count). The van der Waals surface area contributed by atoms with Crippen LogP contribution in [0.1, 0.15) is 63.9 Å². The van der Waals surface area contributed by atoms with E-state index in [-0.39, 0.29) is 43.7 Å². The summed E-state index contributed by atoms with van der Waals surface area (Å²) >= 11 is 0. The van der Waals surface area contributed by atoms with E-state index in [9.17, 15) is 18.0 Å². The van der Waals surface area contributed by atoms with E-state index in [1.54, 1.807) is 0 Å². The van der Waals surface area contributed by atoms with Gasteiger partial charge in [-0.3, -0.25) is 0 Å². The van der Waals surface area contributed by atoms with Gasteiger partial charge in [-0.2, -0.15) is 13.2 Å². The summed E-state index contributed by atoms with van der Waals surface area (Å²) in [5.41, 5.74) is 0.885. The largest absolute Gasteiger partial charge is 0.445 e. The number of alkyl halides is 3. The highest BCUT2D eigenvalue weighted by Gasteiger charge is 2.43. The predicted octanol–water partition coefficient (Wildman–Crippen LogP) is 5.78. The maximum Gasteiger partial charge on any atom is 0.407 e. The second kappa shape index (κ2) is 12.1. The molecule has 1 aromatic carbocycles. The summed E-state index contributed by atoms with van der Waals surface area (Å²) in [5.74, 6) is -1.26. The van der Waals surface area contributed by atoms with E-state index in [0.717, 1.165) is 31.2 Å². The zero-order chi connectivity index (χ0) is 25.6. The first-order valence-corrected chi connectivity index (χ1v) is 13.1. The molecule has 0 spiro atoms. The average molecular weight is 514 g/mol. The maximum atomic E-state index is 13.0. The van der Waals surface area contributed by atoms with E-state index in [1.165, 1.54) is 0 Å². The lowest BCUT2D eigenvalue weighted by atomic mass is 9.72. The number of alkyl carbamates (subject to hydrolysis) is 1. The first-order valence-electron chi connectivity index (χ1n) is 13.1. The molecule has 4 aliphatic rings. The summed E-state index contributed by atoms with van der Waals surface area (Å²) < 4.78 is 62.5. The lowest BCUT2D eigenvalue weighted by Gasteiger charge is -2.46. The van der Waals surface area contributed by atoms with Crippen molar-refractivity contribution in [3.63, 3.8) is 0 Å². The fourth-order valence-electron chi connectivity index (χ4n) is 5.43. The molecule has 9 heteroatoms. The van der Waals surface area contributed by atoms with Gasteiger partial charge in [0, 0.05) is 5.41 Å². The molecule has 1 amide bonds. The van der Waals surface area contributed by atoms with Crippen LogP contribution in [-0.4, -0.2) is 56.4 Å². The lowest BCUT2D eigenvalue weighted by molar-refractivity contribution is -0.188. The molecule has 2 aliphatic heterocycles. The van der Waals surface area contributed by atoms with Crippen molar-refractivity contribution in [3.8, 4) is 0 Å². The summed E-state index contributed by atoms with van der Waals surface area (Å²) in [6.07, 6.45) is 0.102. The van der Waals surface area contributed by atoms with Crippen LogP contribution in [-0.2, 0) is 25.6 Å². The number of fused-ring (bicyclic) bond motifs is 3. The first kappa shape index (κ1) is 27.2. The zero-order valence-corrected chi connectivity index (χ0v) is 20.9. The highest BCUT2D eigenvalue weighted by Crippen LogP contribution is 2.43. The van der Waals surface area contributed by atoms with Crippen molar-refractivity contribution in [1.29, 1.82) is 0 Å². The minimum Gasteiger partial charge on any atom is -0.445 e. The van der Waals surface area contributed by atoms with E-state index in [4.69, 9.17) is 18.9 Å². The minimum atomic E-state index is -4.15. The smallest absolute Gasteiger partial charge is 0.407 e. The number of amides is 1. The van der Waals surface area contributed by atoms with Crippen LogP contribution in [0.5, 0.6) is 0 Å². The second-order valence-corrected chi connectivity index (χ2v) is 10.7. The zero-order valence-electron chi connectivity index (χ0n) is 20.9. The fraction of sp³-hybridized carbons (Fsp3) is 0.741. The van der Waals surface area contributed by atoms with Crippen molar-refractivity contribution in [3.05, 3.63) is 35.9 Å². The SMILES string of the molecule is C[C@H](OCC12CCC(CC1)OC2)[C@H](COC1CCC(C(F)(F)F)CC1)NC(=O)OCc1ccccc1. The van der Waals surface area contributed by atoms with Crippen LogP contribution in [0.15, 0.2) is 30.3 Å². The third kappa shape index (κ3) is 7.59. The van der Waals surface area contributed by atoms with Crippen molar-refractivity contribution in [2.24, 2.45) is 11.3 Å². The summed E-state index contributed by atoms with van der Waals surface area (Å²) in [6.45, 7) is 3.40. The molecule has 2 aliphatic carbocycles. The van der Waals surface area contributed by atoms with Crippen LogP contribution >= 0.6 is 0 Å². The first-order chi connectivity index (χ1) is 17.2. The van der Waals surface area contributed by atoms with Crippen LogP contribution in [0.4, 0.5) is 18.0 Å². The number of halogens is 3. The van der Waals surface area contributed by atoms with Gasteiger partial charge >= 0.3 is 12.3 Å². The Hall–Kier alpha value is -1.84. The Kier molecular flexibility index (Phi) is 9.17. The Morgan fingerprint density at radius 1 is 1.11 bits per heavy atom. The molecule has 202 valence electrons. The van der Waals surface area contributed by atoms with Gasteiger partial charge in [0.25, 0.3) is 0 Å². The third-order valence-corrected chi connectivity index (χ3v) is 8.00.